The first-order valence-electron chi connectivity index (χ1n) is 6.74. The summed E-state index contributed by atoms with van der Waals surface area (Å²) in [5.41, 5.74) is 1.45. The molecular weight excluding hydrogens is 290 g/mol. The SMILES string of the molecule is CCC(COC)NC1CC(c2ccccc2Br)C1. The molecule has 1 atom stereocenters. The van der Waals surface area contributed by atoms with Crippen LogP contribution < -0.4 is 5.32 Å². The van der Waals surface area contributed by atoms with Gasteiger partial charge in [0.1, 0.15) is 0 Å². The Morgan fingerprint density at radius 3 is 2.72 bits per heavy atom. The van der Waals surface area contributed by atoms with Crippen LogP contribution in [0.25, 0.3) is 0 Å². The van der Waals surface area contributed by atoms with Gasteiger partial charge in [0, 0.05) is 23.7 Å². The van der Waals surface area contributed by atoms with Crippen molar-refractivity contribution in [2.45, 2.75) is 44.2 Å². The number of benzene rings is 1. The molecule has 1 unspecified atom stereocenters. The summed E-state index contributed by atoms with van der Waals surface area (Å²) in [6, 6.07) is 9.73. The second kappa shape index (κ2) is 6.69. The highest BCUT2D eigenvalue weighted by Gasteiger charge is 2.32. The molecule has 0 aliphatic heterocycles. The Morgan fingerprint density at radius 2 is 2.11 bits per heavy atom. The van der Waals surface area contributed by atoms with Crippen LogP contribution >= 0.6 is 15.9 Å². The maximum Gasteiger partial charge on any atom is 0.0615 e. The van der Waals surface area contributed by atoms with Crippen LogP contribution in [0.4, 0.5) is 0 Å². The number of ether oxygens (including phenoxy) is 1. The van der Waals surface area contributed by atoms with Gasteiger partial charge < -0.3 is 10.1 Å². The third kappa shape index (κ3) is 3.34. The average Bonchev–Trinajstić information content (AvgIpc) is 2.33. The molecule has 3 heteroatoms. The minimum atomic E-state index is 0.500. The molecule has 0 aromatic heterocycles. The van der Waals surface area contributed by atoms with Crippen molar-refractivity contribution in [2.75, 3.05) is 13.7 Å². The highest BCUT2D eigenvalue weighted by molar-refractivity contribution is 9.10. The van der Waals surface area contributed by atoms with E-state index in [1.54, 1.807) is 7.11 Å². The molecule has 1 saturated carbocycles. The minimum absolute atomic E-state index is 0.500. The van der Waals surface area contributed by atoms with E-state index in [9.17, 15) is 0 Å². The number of halogens is 1. The summed E-state index contributed by atoms with van der Waals surface area (Å²) < 4.78 is 6.47. The highest BCUT2D eigenvalue weighted by atomic mass is 79.9. The van der Waals surface area contributed by atoms with Gasteiger partial charge in [0.15, 0.2) is 0 Å². The summed E-state index contributed by atoms with van der Waals surface area (Å²) >= 11 is 3.64. The molecule has 18 heavy (non-hydrogen) atoms. The summed E-state index contributed by atoms with van der Waals surface area (Å²) in [6.07, 6.45) is 3.61. The van der Waals surface area contributed by atoms with Gasteiger partial charge in [-0.2, -0.15) is 0 Å². The van der Waals surface area contributed by atoms with Crippen molar-refractivity contribution in [2.24, 2.45) is 0 Å². The molecule has 0 bridgehead atoms. The Balaban J connectivity index is 1.82. The number of methoxy groups -OCH3 is 1. The lowest BCUT2D eigenvalue weighted by atomic mass is 9.75. The van der Waals surface area contributed by atoms with Gasteiger partial charge >= 0.3 is 0 Å². The molecular formula is C15H22BrNO. The summed E-state index contributed by atoms with van der Waals surface area (Å²) in [4.78, 5) is 0. The Hall–Kier alpha value is -0.380. The zero-order chi connectivity index (χ0) is 13.0. The quantitative estimate of drug-likeness (QED) is 0.864. The summed E-state index contributed by atoms with van der Waals surface area (Å²) in [5, 5.41) is 3.68. The van der Waals surface area contributed by atoms with Crippen molar-refractivity contribution < 1.29 is 4.74 Å². The van der Waals surface area contributed by atoms with Crippen molar-refractivity contribution in [3.05, 3.63) is 34.3 Å². The van der Waals surface area contributed by atoms with Crippen molar-refractivity contribution >= 4 is 15.9 Å². The fourth-order valence-corrected chi connectivity index (χ4v) is 3.24. The molecule has 1 aromatic rings. The molecule has 1 aliphatic carbocycles. The summed E-state index contributed by atoms with van der Waals surface area (Å²) in [7, 11) is 1.77. The van der Waals surface area contributed by atoms with Gasteiger partial charge in [-0.3, -0.25) is 0 Å². The number of hydrogen-bond acceptors (Lipinski definition) is 2. The van der Waals surface area contributed by atoms with Crippen molar-refractivity contribution in [3.8, 4) is 0 Å². The van der Waals surface area contributed by atoms with Crippen LogP contribution in [0.2, 0.25) is 0 Å². The van der Waals surface area contributed by atoms with Crippen molar-refractivity contribution in [3.63, 3.8) is 0 Å². The molecule has 1 aromatic carbocycles. The van der Waals surface area contributed by atoms with E-state index in [4.69, 9.17) is 4.74 Å². The van der Waals surface area contributed by atoms with Gasteiger partial charge in [-0.1, -0.05) is 41.1 Å². The number of nitrogens with one attached hydrogen (secondary N) is 1. The molecule has 1 N–H and O–H groups in total. The van der Waals surface area contributed by atoms with Gasteiger partial charge in [-0.05, 0) is 36.8 Å². The van der Waals surface area contributed by atoms with E-state index in [0.717, 1.165) is 13.0 Å². The zero-order valence-corrected chi connectivity index (χ0v) is 12.7. The predicted molar refractivity (Wildman–Crippen MR) is 79.0 cm³/mol. The van der Waals surface area contributed by atoms with Crippen molar-refractivity contribution in [1.29, 1.82) is 0 Å². The molecule has 0 radical (unpaired) electrons. The molecule has 0 spiro atoms. The monoisotopic (exact) mass is 311 g/mol. The van der Waals surface area contributed by atoms with Gasteiger partial charge in [-0.25, -0.2) is 0 Å². The maximum absolute atomic E-state index is 5.22. The van der Waals surface area contributed by atoms with E-state index in [2.05, 4.69) is 52.4 Å². The van der Waals surface area contributed by atoms with E-state index in [-0.39, 0.29) is 0 Å². The largest absolute Gasteiger partial charge is 0.383 e. The average molecular weight is 312 g/mol. The van der Waals surface area contributed by atoms with Crippen LogP contribution in [0.5, 0.6) is 0 Å². The fourth-order valence-electron chi connectivity index (χ4n) is 2.63. The molecule has 0 heterocycles. The van der Waals surface area contributed by atoms with E-state index >= 15 is 0 Å². The maximum atomic E-state index is 5.22. The normalized spacial score (nSPS) is 24.6. The Kier molecular flexibility index (Phi) is 5.22. The lowest BCUT2D eigenvalue weighted by molar-refractivity contribution is 0.144. The lowest BCUT2D eigenvalue weighted by Crippen LogP contribution is -2.47. The molecule has 0 amide bonds. The Morgan fingerprint density at radius 1 is 1.39 bits per heavy atom. The third-order valence-electron chi connectivity index (χ3n) is 3.82. The van der Waals surface area contributed by atoms with Crippen molar-refractivity contribution in [1.82, 2.24) is 5.32 Å². The van der Waals surface area contributed by atoms with E-state index in [1.807, 2.05) is 0 Å². The molecule has 100 valence electrons. The molecule has 2 nitrogen and oxygen atoms in total. The fraction of sp³-hybridized carbons (Fsp3) is 0.600. The molecule has 2 rings (SSSR count). The van der Waals surface area contributed by atoms with Crippen LogP contribution in [0.3, 0.4) is 0 Å². The smallest absolute Gasteiger partial charge is 0.0615 e. The van der Waals surface area contributed by atoms with Gasteiger partial charge in [-0.15, -0.1) is 0 Å². The van der Waals surface area contributed by atoms with Gasteiger partial charge in [0.05, 0.1) is 6.61 Å². The van der Waals surface area contributed by atoms with Crippen LogP contribution in [0.1, 0.15) is 37.7 Å². The Bertz CT molecular complexity index is 377. The second-order valence-corrected chi connectivity index (χ2v) is 5.97. The van der Waals surface area contributed by atoms with Gasteiger partial charge in [0.2, 0.25) is 0 Å². The summed E-state index contributed by atoms with van der Waals surface area (Å²) in [5.74, 6) is 0.707. The second-order valence-electron chi connectivity index (χ2n) is 5.11. The molecule has 1 fully saturated rings. The first-order chi connectivity index (χ1) is 8.74. The van der Waals surface area contributed by atoms with E-state index < -0.39 is 0 Å². The Labute approximate surface area is 118 Å². The first-order valence-corrected chi connectivity index (χ1v) is 7.53. The standard InChI is InChI=1S/C15H22BrNO/c1-3-12(10-18-2)17-13-8-11(9-13)14-6-4-5-7-15(14)16/h4-7,11-13,17H,3,8-10H2,1-2H3. The van der Waals surface area contributed by atoms with Crippen LogP contribution in [-0.4, -0.2) is 25.8 Å². The zero-order valence-electron chi connectivity index (χ0n) is 11.2. The minimum Gasteiger partial charge on any atom is -0.383 e. The van der Waals surface area contributed by atoms with Gasteiger partial charge in [0.25, 0.3) is 0 Å². The van der Waals surface area contributed by atoms with Crippen LogP contribution in [0.15, 0.2) is 28.7 Å². The lowest BCUT2D eigenvalue weighted by Gasteiger charge is -2.39. The number of hydrogen-bond donors (Lipinski definition) is 1. The predicted octanol–water partition coefficient (Wildman–Crippen LogP) is 3.71. The van der Waals surface area contributed by atoms with Crippen LogP contribution in [0, 0.1) is 0 Å². The van der Waals surface area contributed by atoms with E-state index in [1.165, 1.54) is 22.9 Å². The highest BCUT2D eigenvalue weighted by Crippen LogP contribution is 2.40. The van der Waals surface area contributed by atoms with Crippen LogP contribution in [-0.2, 0) is 4.74 Å². The summed E-state index contributed by atoms with van der Waals surface area (Å²) in [6.45, 7) is 3.02. The molecule has 1 aliphatic rings. The molecule has 0 saturated heterocycles. The topological polar surface area (TPSA) is 21.3 Å². The third-order valence-corrected chi connectivity index (χ3v) is 4.54. The number of rotatable bonds is 6. The first kappa shape index (κ1) is 14.0. The van der Waals surface area contributed by atoms with E-state index in [0.29, 0.717) is 18.0 Å².